The standard InChI is InChI=1S/C7H12FN/c1-7(2,3)6(5-8)9-4/h6H,5H2,1-3H3. The summed E-state index contributed by atoms with van der Waals surface area (Å²) in [6, 6.07) is -0.475. The van der Waals surface area contributed by atoms with E-state index in [-0.39, 0.29) is 5.41 Å². The zero-order valence-electron chi connectivity index (χ0n) is 6.11. The highest BCUT2D eigenvalue weighted by molar-refractivity contribution is 4.88. The molecule has 0 spiro atoms. The van der Waals surface area contributed by atoms with Crippen LogP contribution in [0.3, 0.4) is 0 Å². The van der Waals surface area contributed by atoms with Crippen LogP contribution in [0.15, 0.2) is 0 Å². The number of rotatable bonds is 1. The minimum atomic E-state index is -0.535. The van der Waals surface area contributed by atoms with Gasteiger partial charge in [0, 0.05) is 5.41 Å². The summed E-state index contributed by atoms with van der Waals surface area (Å²) in [5.74, 6) is 0. The molecule has 0 aromatic carbocycles. The van der Waals surface area contributed by atoms with E-state index in [0.29, 0.717) is 0 Å². The predicted molar refractivity (Wildman–Crippen MR) is 35.8 cm³/mol. The van der Waals surface area contributed by atoms with Crippen LogP contribution in [0, 0.1) is 12.0 Å². The van der Waals surface area contributed by atoms with E-state index in [1.807, 2.05) is 20.8 Å². The van der Waals surface area contributed by atoms with Crippen LogP contribution < -0.4 is 0 Å². The van der Waals surface area contributed by atoms with Crippen molar-refractivity contribution in [1.82, 2.24) is 0 Å². The first-order chi connectivity index (χ1) is 4.02. The van der Waals surface area contributed by atoms with E-state index in [0.717, 1.165) is 0 Å². The highest BCUT2D eigenvalue weighted by Crippen LogP contribution is 2.22. The molecule has 52 valence electrons. The van der Waals surface area contributed by atoms with Gasteiger partial charge in [0.15, 0.2) is 6.67 Å². The second-order valence-corrected chi connectivity index (χ2v) is 3.17. The minimum absolute atomic E-state index is 0.212. The van der Waals surface area contributed by atoms with Crippen LogP contribution >= 0.6 is 0 Å². The molecule has 0 saturated heterocycles. The molecule has 1 unspecified atom stereocenters. The number of hydrogen-bond acceptors (Lipinski definition) is 0. The molecule has 0 radical (unpaired) electrons. The third-order valence-electron chi connectivity index (χ3n) is 1.30. The fraction of sp³-hybridized carbons (Fsp3) is 0.857. The molecule has 0 N–H and O–H groups in total. The molecule has 0 rings (SSSR count). The van der Waals surface area contributed by atoms with Gasteiger partial charge in [-0.15, -0.1) is 0 Å². The Hall–Kier alpha value is -0.580. The Labute approximate surface area is 55.7 Å². The fourth-order valence-electron chi connectivity index (χ4n) is 0.460. The van der Waals surface area contributed by atoms with Crippen LogP contribution in [0.1, 0.15) is 20.8 Å². The molecule has 0 bridgehead atoms. The van der Waals surface area contributed by atoms with Crippen molar-refractivity contribution in [2.75, 3.05) is 6.67 Å². The molecule has 9 heavy (non-hydrogen) atoms. The molecule has 0 aromatic rings. The first kappa shape index (κ1) is 8.42. The maximum atomic E-state index is 11.9. The molecule has 0 aliphatic carbocycles. The van der Waals surface area contributed by atoms with Crippen molar-refractivity contribution in [3.8, 4) is 0 Å². The highest BCUT2D eigenvalue weighted by atomic mass is 19.1. The largest absolute Gasteiger partial charge is 0.310 e. The quantitative estimate of drug-likeness (QED) is 0.478. The average Bonchev–Trinajstić information content (AvgIpc) is 1.65. The van der Waals surface area contributed by atoms with Gasteiger partial charge < -0.3 is 4.85 Å². The first-order valence-electron chi connectivity index (χ1n) is 2.95. The Kier molecular flexibility index (Phi) is 2.64. The van der Waals surface area contributed by atoms with E-state index >= 15 is 0 Å². The maximum absolute atomic E-state index is 11.9. The third-order valence-corrected chi connectivity index (χ3v) is 1.30. The van der Waals surface area contributed by atoms with Crippen molar-refractivity contribution in [1.29, 1.82) is 0 Å². The van der Waals surface area contributed by atoms with Gasteiger partial charge in [-0.25, -0.2) is 11.0 Å². The summed E-state index contributed by atoms with van der Waals surface area (Å²) >= 11 is 0. The molecule has 1 nitrogen and oxygen atoms in total. The average molecular weight is 129 g/mol. The molecular formula is C7H12FN. The van der Waals surface area contributed by atoms with Crippen molar-refractivity contribution >= 4 is 0 Å². The lowest BCUT2D eigenvalue weighted by Gasteiger charge is -2.16. The van der Waals surface area contributed by atoms with Crippen LogP contribution in [0.4, 0.5) is 4.39 Å². The second-order valence-electron chi connectivity index (χ2n) is 3.17. The van der Waals surface area contributed by atoms with Gasteiger partial charge in [0.05, 0.1) is 0 Å². The molecule has 0 saturated carbocycles. The molecule has 2 heteroatoms. The third kappa shape index (κ3) is 2.46. The zero-order valence-corrected chi connectivity index (χ0v) is 6.11. The Morgan fingerprint density at radius 2 is 2.00 bits per heavy atom. The zero-order chi connectivity index (χ0) is 7.49. The lowest BCUT2D eigenvalue weighted by atomic mass is 9.88. The summed E-state index contributed by atoms with van der Waals surface area (Å²) in [5, 5.41) is 0. The van der Waals surface area contributed by atoms with Crippen molar-refractivity contribution in [3.63, 3.8) is 0 Å². The summed E-state index contributed by atoms with van der Waals surface area (Å²) < 4.78 is 11.9. The van der Waals surface area contributed by atoms with E-state index in [1.165, 1.54) is 0 Å². The Balaban J connectivity index is 4.00. The van der Waals surface area contributed by atoms with Crippen molar-refractivity contribution in [2.45, 2.75) is 26.8 Å². The summed E-state index contributed by atoms with van der Waals surface area (Å²) in [4.78, 5) is 3.15. The molecule has 1 atom stereocenters. The van der Waals surface area contributed by atoms with E-state index in [4.69, 9.17) is 6.57 Å². The Bertz CT molecular complexity index is 118. The molecule has 0 fully saturated rings. The van der Waals surface area contributed by atoms with Gasteiger partial charge in [-0.3, -0.25) is 0 Å². The van der Waals surface area contributed by atoms with Crippen molar-refractivity contribution in [3.05, 3.63) is 11.4 Å². The van der Waals surface area contributed by atoms with Gasteiger partial charge in [0.25, 0.3) is 6.04 Å². The van der Waals surface area contributed by atoms with Gasteiger partial charge in [0.1, 0.15) is 0 Å². The molecule has 0 aromatic heterocycles. The molecular weight excluding hydrogens is 117 g/mol. The maximum Gasteiger partial charge on any atom is 0.256 e. The highest BCUT2D eigenvalue weighted by Gasteiger charge is 2.29. The van der Waals surface area contributed by atoms with Crippen molar-refractivity contribution < 1.29 is 4.39 Å². The Morgan fingerprint density at radius 1 is 1.56 bits per heavy atom. The number of hydrogen-bond donors (Lipinski definition) is 0. The topological polar surface area (TPSA) is 4.36 Å². The second kappa shape index (κ2) is 2.82. The van der Waals surface area contributed by atoms with Crippen LogP contribution in [0.5, 0.6) is 0 Å². The van der Waals surface area contributed by atoms with Gasteiger partial charge in [0.2, 0.25) is 0 Å². The van der Waals surface area contributed by atoms with E-state index in [9.17, 15) is 4.39 Å². The fourth-order valence-corrected chi connectivity index (χ4v) is 0.460. The summed E-state index contributed by atoms with van der Waals surface area (Å²) in [6.07, 6.45) is 0. The SMILES string of the molecule is [C-]#[N+]C(CF)C(C)(C)C. The number of nitrogens with zero attached hydrogens (tertiary/aromatic N) is 1. The number of halogens is 1. The number of alkyl halides is 1. The minimum Gasteiger partial charge on any atom is -0.310 e. The first-order valence-corrected chi connectivity index (χ1v) is 2.95. The van der Waals surface area contributed by atoms with E-state index < -0.39 is 12.7 Å². The van der Waals surface area contributed by atoms with Crippen LogP contribution in [-0.2, 0) is 0 Å². The molecule has 0 amide bonds. The van der Waals surface area contributed by atoms with Gasteiger partial charge >= 0.3 is 0 Å². The summed E-state index contributed by atoms with van der Waals surface area (Å²) in [5.41, 5.74) is -0.212. The van der Waals surface area contributed by atoms with Crippen LogP contribution in [0.2, 0.25) is 0 Å². The van der Waals surface area contributed by atoms with E-state index in [2.05, 4.69) is 4.85 Å². The predicted octanol–water partition coefficient (Wildman–Crippen LogP) is 2.29. The van der Waals surface area contributed by atoms with Gasteiger partial charge in [-0.05, 0) is 0 Å². The van der Waals surface area contributed by atoms with Crippen LogP contribution in [-0.4, -0.2) is 12.7 Å². The summed E-state index contributed by atoms with van der Waals surface area (Å²) in [6.45, 7) is 11.7. The molecule has 0 aliphatic rings. The van der Waals surface area contributed by atoms with Gasteiger partial charge in [-0.2, -0.15) is 0 Å². The molecule has 0 aliphatic heterocycles. The lowest BCUT2D eigenvalue weighted by molar-refractivity contribution is 0.296. The smallest absolute Gasteiger partial charge is 0.256 e. The van der Waals surface area contributed by atoms with Crippen molar-refractivity contribution in [2.24, 2.45) is 5.41 Å². The summed E-state index contributed by atoms with van der Waals surface area (Å²) in [7, 11) is 0. The lowest BCUT2D eigenvalue weighted by Crippen LogP contribution is -2.24. The van der Waals surface area contributed by atoms with Gasteiger partial charge in [-0.1, -0.05) is 20.8 Å². The normalized spacial score (nSPS) is 14.6. The van der Waals surface area contributed by atoms with E-state index in [1.54, 1.807) is 0 Å². The Morgan fingerprint density at radius 3 is 2.00 bits per heavy atom. The monoisotopic (exact) mass is 129 g/mol. The van der Waals surface area contributed by atoms with Crippen LogP contribution in [0.25, 0.3) is 4.85 Å². The molecule has 0 heterocycles.